The molecule has 0 bridgehead atoms. The summed E-state index contributed by atoms with van der Waals surface area (Å²) in [4.78, 5) is 74.7. The Morgan fingerprint density at radius 2 is 1.30 bits per heavy atom. The molecule has 22 heteroatoms. The normalized spacial score (nSPS) is 26.2. The summed E-state index contributed by atoms with van der Waals surface area (Å²) in [5.74, 6) is -4.05. The summed E-state index contributed by atoms with van der Waals surface area (Å²) in [6, 6.07) is 14.8. The molecule has 270 valence electrons. The number of methoxy groups -OCH3 is 2. The first-order valence-electron chi connectivity index (χ1n) is 15.5. The van der Waals surface area contributed by atoms with Gasteiger partial charge >= 0.3 is 17.9 Å². The van der Waals surface area contributed by atoms with Crippen molar-refractivity contribution >= 4 is 75.3 Å². The van der Waals surface area contributed by atoms with Crippen molar-refractivity contribution in [3.05, 3.63) is 103 Å². The third-order valence-corrected chi connectivity index (χ3v) is 11.5. The van der Waals surface area contributed by atoms with Gasteiger partial charge in [-0.3, -0.25) is 40.4 Å². The van der Waals surface area contributed by atoms with Crippen LogP contribution in [0.25, 0.3) is 0 Å². The van der Waals surface area contributed by atoms with Gasteiger partial charge in [-0.15, -0.1) is 16.9 Å². The zero-order chi connectivity index (χ0) is 37.6. The number of carbonyl (C=O) groups is 3. The summed E-state index contributed by atoms with van der Waals surface area (Å²) in [5.41, 5.74) is -2.13. The number of esters is 3. The maximum Gasteiger partial charge on any atom is 0.377 e. The standard InChI is InChI=1S/C31H23N9O12S/c1-50-27(41)23-22-24-30(53-26(22)34(32-23)16-3-9-19(10-4-16)38(44)45)15-52-29(43)31(30)36(18-7-13-21(14-8-18)40(48)49)33-25(28(42)51-2)37(31)35(24)17-5-11-20(12-6-17)39(46)47/h3-14,22,24,26H,15H2,1-2H3/t22-,24-,26+,30+,31-/m1/s1. The zero-order valence-corrected chi connectivity index (χ0v) is 28.0. The lowest BCUT2D eigenvalue weighted by molar-refractivity contribution is -0.385. The van der Waals surface area contributed by atoms with Crippen molar-refractivity contribution in [1.82, 2.24) is 5.01 Å². The van der Waals surface area contributed by atoms with Crippen LogP contribution in [0.15, 0.2) is 83.0 Å². The van der Waals surface area contributed by atoms with Crippen LogP contribution in [-0.2, 0) is 28.6 Å². The third-order valence-electron chi connectivity index (χ3n) is 9.73. The highest BCUT2D eigenvalue weighted by molar-refractivity contribution is 8.02. The first-order chi connectivity index (χ1) is 25.4. The summed E-state index contributed by atoms with van der Waals surface area (Å²) < 4.78 is 14.7. The minimum absolute atomic E-state index is 0.0914. The lowest BCUT2D eigenvalue weighted by Crippen LogP contribution is -2.67. The second kappa shape index (κ2) is 11.6. The number of benzene rings is 3. The number of non-ortho nitro benzene ring substituents is 3. The molecular weight excluding hydrogens is 722 g/mol. The van der Waals surface area contributed by atoms with E-state index in [0.29, 0.717) is 5.69 Å². The number of ether oxygens (including phenoxy) is 3. The molecule has 5 atom stereocenters. The predicted molar refractivity (Wildman–Crippen MR) is 183 cm³/mol. The highest BCUT2D eigenvalue weighted by atomic mass is 32.2. The number of cyclic esters (lactones) is 1. The highest BCUT2D eigenvalue weighted by Crippen LogP contribution is 2.68. The van der Waals surface area contributed by atoms with E-state index in [-0.39, 0.29) is 40.8 Å². The van der Waals surface area contributed by atoms with Crippen LogP contribution in [-0.4, -0.2) is 91.9 Å². The Hall–Kier alpha value is -6.84. The molecule has 5 aliphatic rings. The number of hydrazone groups is 2. The molecule has 0 aliphatic carbocycles. The van der Waals surface area contributed by atoms with Gasteiger partial charge in [-0.2, -0.15) is 5.10 Å². The fourth-order valence-electron chi connectivity index (χ4n) is 7.60. The number of hydrazine groups is 1. The molecule has 5 aliphatic heterocycles. The number of nitro groups is 3. The van der Waals surface area contributed by atoms with E-state index in [2.05, 4.69) is 10.2 Å². The van der Waals surface area contributed by atoms with Crippen LogP contribution in [0.1, 0.15) is 0 Å². The number of thioether (sulfide) groups is 1. The van der Waals surface area contributed by atoms with Gasteiger partial charge in [0.25, 0.3) is 28.6 Å². The van der Waals surface area contributed by atoms with Crippen LogP contribution in [0.4, 0.5) is 34.1 Å². The summed E-state index contributed by atoms with van der Waals surface area (Å²) >= 11 is 1.18. The number of amidine groups is 1. The van der Waals surface area contributed by atoms with Crippen molar-refractivity contribution in [3.63, 3.8) is 0 Å². The van der Waals surface area contributed by atoms with Crippen LogP contribution in [0, 0.1) is 36.3 Å². The molecule has 0 aromatic heterocycles. The fraction of sp³-hybridized carbons (Fsp3) is 0.258. The first kappa shape index (κ1) is 33.3. The van der Waals surface area contributed by atoms with Crippen LogP contribution in [0.3, 0.4) is 0 Å². The van der Waals surface area contributed by atoms with E-state index in [1.54, 1.807) is 5.01 Å². The minimum atomic E-state index is -2.07. The summed E-state index contributed by atoms with van der Waals surface area (Å²) in [6.07, 6.45) is 0. The van der Waals surface area contributed by atoms with Crippen molar-refractivity contribution < 1.29 is 43.4 Å². The van der Waals surface area contributed by atoms with E-state index >= 15 is 0 Å². The smallest absolute Gasteiger partial charge is 0.377 e. The second-order valence-electron chi connectivity index (χ2n) is 12.1. The molecule has 3 fully saturated rings. The van der Waals surface area contributed by atoms with E-state index in [9.17, 15) is 44.7 Å². The largest absolute Gasteiger partial charge is 0.464 e. The maximum atomic E-state index is 14.6. The SMILES string of the molecule is COC(=O)C1=NN(c2ccc([N+](=O)[O-])cc2)[C@H]2S[C@]34COC(=O)[C@]35N(c3ccc([N+](=O)[O-])cc3)N=C(C(=O)OC)N5N(c3ccc([N+](=O)[O-])cc3)[C@@H]4[C@@H]12. The van der Waals surface area contributed by atoms with Crippen molar-refractivity contribution in [3.8, 4) is 0 Å². The first-order valence-corrected chi connectivity index (χ1v) is 16.4. The lowest BCUT2D eigenvalue weighted by atomic mass is 9.80. The maximum absolute atomic E-state index is 14.6. The molecule has 53 heavy (non-hydrogen) atoms. The average Bonchev–Trinajstić information content (AvgIpc) is 3.92. The van der Waals surface area contributed by atoms with Crippen molar-refractivity contribution in [2.24, 2.45) is 16.1 Å². The third kappa shape index (κ3) is 4.34. The predicted octanol–water partition coefficient (Wildman–Crippen LogP) is 2.55. The molecule has 0 N–H and O–H groups in total. The quantitative estimate of drug-likeness (QED) is 0.139. The Labute approximate surface area is 300 Å². The zero-order valence-electron chi connectivity index (χ0n) is 27.2. The number of anilines is 3. The van der Waals surface area contributed by atoms with Crippen molar-refractivity contribution in [2.45, 2.75) is 21.8 Å². The Balaban J connectivity index is 1.38. The van der Waals surface area contributed by atoms with Crippen molar-refractivity contribution in [2.75, 3.05) is 35.9 Å². The molecule has 3 aromatic carbocycles. The van der Waals surface area contributed by atoms with Crippen LogP contribution in [0.5, 0.6) is 0 Å². The Morgan fingerprint density at radius 3 is 1.81 bits per heavy atom. The van der Waals surface area contributed by atoms with Gasteiger partial charge in [-0.05, 0) is 36.4 Å². The number of hydrogen-bond acceptors (Lipinski definition) is 19. The number of hydrogen-bond donors (Lipinski definition) is 0. The molecular formula is C31H23N9O12S. The monoisotopic (exact) mass is 745 g/mol. The van der Waals surface area contributed by atoms with Gasteiger partial charge in [0.15, 0.2) is 5.71 Å². The summed E-state index contributed by atoms with van der Waals surface area (Å²) in [5, 5.41) is 48.6. The number of nitrogens with zero attached hydrogens (tertiary/aromatic N) is 9. The number of rotatable bonds is 8. The Morgan fingerprint density at radius 1 is 0.792 bits per heavy atom. The van der Waals surface area contributed by atoms with Gasteiger partial charge in [0.1, 0.15) is 16.7 Å². The fourth-order valence-corrected chi connectivity index (χ4v) is 9.65. The van der Waals surface area contributed by atoms with E-state index in [4.69, 9.17) is 14.2 Å². The van der Waals surface area contributed by atoms with Crippen LogP contribution in [0.2, 0.25) is 0 Å². The van der Waals surface area contributed by atoms with Gasteiger partial charge in [-0.1, -0.05) is 0 Å². The molecule has 21 nitrogen and oxygen atoms in total. The van der Waals surface area contributed by atoms with E-state index in [1.165, 1.54) is 99.6 Å². The van der Waals surface area contributed by atoms with Gasteiger partial charge in [0.2, 0.25) is 0 Å². The van der Waals surface area contributed by atoms with Gasteiger partial charge in [-0.25, -0.2) is 24.4 Å². The van der Waals surface area contributed by atoms with Crippen LogP contribution < -0.4 is 15.0 Å². The number of fused-ring (bicyclic) bond motifs is 2. The van der Waals surface area contributed by atoms with E-state index in [1.807, 2.05) is 0 Å². The summed E-state index contributed by atoms with van der Waals surface area (Å²) in [7, 11) is 2.27. The minimum Gasteiger partial charge on any atom is -0.464 e. The number of carbonyl (C=O) groups excluding carboxylic acids is 3. The van der Waals surface area contributed by atoms with E-state index < -0.39 is 66.3 Å². The molecule has 8 rings (SSSR count). The molecule has 0 radical (unpaired) electrons. The second-order valence-corrected chi connectivity index (χ2v) is 13.6. The topological polar surface area (TPSA) is 246 Å². The highest BCUT2D eigenvalue weighted by Gasteiger charge is 2.88. The average molecular weight is 746 g/mol. The van der Waals surface area contributed by atoms with E-state index in [0.717, 1.165) is 14.2 Å². The Kier molecular flexibility index (Phi) is 7.29. The molecule has 3 saturated heterocycles. The van der Waals surface area contributed by atoms with Gasteiger partial charge < -0.3 is 14.2 Å². The lowest BCUT2D eigenvalue weighted by Gasteiger charge is -2.41. The summed E-state index contributed by atoms with van der Waals surface area (Å²) in [6.45, 7) is -0.315. The molecule has 0 unspecified atom stereocenters. The molecule has 5 heterocycles. The van der Waals surface area contributed by atoms with Gasteiger partial charge in [0.05, 0.1) is 58.0 Å². The van der Waals surface area contributed by atoms with Crippen molar-refractivity contribution in [1.29, 1.82) is 0 Å². The van der Waals surface area contributed by atoms with Crippen LogP contribution >= 0.6 is 11.8 Å². The Bertz CT molecular complexity index is 2200. The molecule has 0 saturated carbocycles. The molecule has 2 spiro atoms. The molecule has 0 amide bonds. The number of nitro benzene ring substituents is 3. The molecule has 3 aromatic rings. The van der Waals surface area contributed by atoms with Gasteiger partial charge in [0, 0.05) is 36.4 Å².